The average molecular weight is 354 g/mol. The number of aryl methyl sites for hydroxylation is 1. The molecule has 0 aliphatic rings. The predicted molar refractivity (Wildman–Crippen MR) is 91.4 cm³/mol. The van der Waals surface area contributed by atoms with E-state index in [0.29, 0.717) is 16.4 Å². The minimum atomic E-state index is -3.39. The van der Waals surface area contributed by atoms with Crippen molar-refractivity contribution in [3.05, 3.63) is 34.8 Å². The smallest absolute Gasteiger partial charge is 0.257 e. The zero-order valence-electron chi connectivity index (χ0n) is 12.9. The van der Waals surface area contributed by atoms with Gasteiger partial charge in [-0.25, -0.2) is 8.42 Å². The first-order valence-corrected chi connectivity index (χ1v) is 9.80. The summed E-state index contributed by atoms with van der Waals surface area (Å²) in [6.45, 7) is 2.10. The van der Waals surface area contributed by atoms with Crippen molar-refractivity contribution in [3.63, 3.8) is 0 Å². The fourth-order valence-electron chi connectivity index (χ4n) is 1.84. The molecule has 2 aromatic rings. The van der Waals surface area contributed by atoms with Crippen molar-refractivity contribution in [2.45, 2.75) is 26.2 Å². The molecule has 1 aromatic carbocycles. The van der Waals surface area contributed by atoms with Gasteiger partial charge in [-0.1, -0.05) is 30.7 Å². The molecule has 2 N–H and O–H groups in total. The number of hydrogen-bond acceptors (Lipinski definition) is 6. The van der Waals surface area contributed by atoms with Gasteiger partial charge in [0.2, 0.25) is 15.2 Å². The molecule has 124 valence electrons. The first-order valence-electron chi connectivity index (χ1n) is 7.09. The summed E-state index contributed by atoms with van der Waals surface area (Å²) >= 11 is 1.34. The maximum Gasteiger partial charge on any atom is 0.257 e. The Morgan fingerprint density at radius 1 is 1.30 bits per heavy atom. The highest BCUT2D eigenvalue weighted by Crippen LogP contribution is 2.19. The van der Waals surface area contributed by atoms with Crippen LogP contribution in [0.1, 0.15) is 35.1 Å². The third-order valence-electron chi connectivity index (χ3n) is 2.86. The Morgan fingerprint density at radius 3 is 2.78 bits per heavy atom. The fourth-order valence-corrected chi connectivity index (χ4v) is 3.17. The number of rotatable bonds is 7. The van der Waals surface area contributed by atoms with Crippen molar-refractivity contribution in [2.75, 3.05) is 16.3 Å². The molecule has 23 heavy (non-hydrogen) atoms. The molecule has 1 aromatic heterocycles. The Balaban J connectivity index is 2.05. The molecule has 0 unspecified atom stereocenters. The average Bonchev–Trinajstić information content (AvgIpc) is 2.91. The molecule has 0 fully saturated rings. The lowest BCUT2D eigenvalue weighted by atomic mass is 10.2. The molecule has 0 aliphatic heterocycles. The van der Waals surface area contributed by atoms with Crippen LogP contribution in [0.25, 0.3) is 0 Å². The van der Waals surface area contributed by atoms with Gasteiger partial charge < -0.3 is 0 Å². The number of nitrogens with one attached hydrogen (secondary N) is 2. The number of carbonyl (C=O) groups is 1. The molecule has 1 amide bonds. The van der Waals surface area contributed by atoms with Gasteiger partial charge in [-0.2, -0.15) is 0 Å². The van der Waals surface area contributed by atoms with Crippen LogP contribution in [0.3, 0.4) is 0 Å². The zero-order chi connectivity index (χ0) is 16.9. The van der Waals surface area contributed by atoms with Gasteiger partial charge in [0.25, 0.3) is 5.91 Å². The molecule has 0 spiro atoms. The summed E-state index contributed by atoms with van der Waals surface area (Å²) < 4.78 is 24.8. The number of anilines is 2. The molecule has 9 heteroatoms. The van der Waals surface area contributed by atoms with Crippen LogP contribution >= 0.6 is 11.3 Å². The highest BCUT2D eigenvalue weighted by molar-refractivity contribution is 7.92. The molecule has 0 aliphatic carbocycles. The lowest BCUT2D eigenvalue weighted by Crippen LogP contribution is -2.13. The van der Waals surface area contributed by atoms with Gasteiger partial charge in [0.1, 0.15) is 5.01 Å². The van der Waals surface area contributed by atoms with Crippen LogP contribution in [0, 0.1) is 0 Å². The third kappa shape index (κ3) is 5.61. The summed E-state index contributed by atoms with van der Waals surface area (Å²) in [4.78, 5) is 12.2. The first-order chi connectivity index (χ1) is 10.9. The van der Waals surface area contributed by atoms with Crippen molar-refractivity contribution in [1.29, 1.82) is 0 Å². The summed E-state index contributed by atoms with van der Waals surface area (Å²) in [6.07, 6.45) is 4.00. The number of hydrogen-bond donors (Lipinski definition) is 2. The number of aromatic nitrogens is 2. The summed E-state index contributed by atoms with van der Waals surface area (Å²) in [6, 6.07) is 6.25. The van der Waals surface area contributed by atoms with Gasteiger partial charge in [0.05, 0.1) is 6.26 Å². The molecule has 0 radical (unpaired) electrons. The highest BCUT2D eigenvalue weighted by Gasteiger charge is 2.11. The maximum atomic E-state index is 12.2. The normalized spacial score (nSPS) is 11.2. The van der Waals surface area contributed by atoms with Crippen molar-refractivity contribution >= 4 is 38.1 Å². The predicted octanol–water partition coefficient (Wildman–Crippen LogP) is 2.50. The van der Waals surface area contributed by atoms with Gasteiger partial charge in [-0.15, -0.1) is 10.2 Å². The van der Waals surface area contributed by atoms with E-state index in [4.69, 9.17) is 0 Å². The fraction of sp³-hybridized carbons (Fsp3) is 0.357. The largest absolute Gasteiger partial charge is 0.296 e. The van der Waals surface area contributed by atoms with Gasteiger partial charge in [-0.3, -0.25) is 14.8 Å². The van der Waals surface area contributed by atoms with E-state index in [1.54, 1.807) is 18.2 Å². The first kappa shape index (κ1) is 17.4. The standard InChI is InChI=1S/C14H18N4O3S2/c1-3-4-8-12-16-17-14(22-12)15-13(19)10-6-5-7-11(9-10)18-23(2,20)21/h5-7,9,18H,3-4,8H2,1-2H3,(H,15,17,19). The van der Waals surface area contributed by atoms with Crippen LogP contribution in [-0.2, 0) is 16.4 Å². The Morgan fingerprint density at radius 2 is 2.09 bits per heavy atom. The van der Waals surface area contributed by atoms with E-state index in [1.807, 2.05) is 0 Å². The SMILES string of the molecule is CCCCc1nnc(NC(=O)c2cccc(NS(C)(=O)=O)c2)s1. The number of amides is 1. The number of carbonyl (C=O) groups excluding carboxylic acids is 1. The van der Waals surface area contributed by atoms with E-state index >= 15 is 0 Å². The van der Waals surface area contributed by atoms with Crippen LogP contribution in [0.15, 0.2) is 24.3 Å². The topological polar surface area (TPSA) is 101 Å². The molecule has 2 rings (SSSR count). The second kappa shape index (κ2) is 7.51. The van der Waals surface area contributed by atoms with E-state index in [-0.39, 0.29) is 5.91 Å². The molecule has 1 heterocycles. The monoisotopic (exact) mass is 354 g/mol. The second-order valence-corrected chi connectivity index (χ2v) is 7.82. The van der Waals surface area contributed by atoms with Crippen molar-refractivity contribution in [3.8, 4) is 0 Å². The minimum Gasteiger partial charge on any atom is -0.296 e. The Kier molecular flexibility index (Phi) is 5.67. The van der Waals surface area contributed by atoms with E-state index < -0.39 is 10.0 Å². The lowest BCUT2D eigenvalue weighted by molar-refractivity contribution is 0.102. The van der Waals surface area contributed by atoms with Crippen molar-refractivity contribution < 1.29 is 13.2 Å². The van der Waals surface area contributed by atoms with Gasteiger partial charge >= 0.3 is 0 Å². The van der Waals surface area contributed by atoms with Gasteiger partial charge in [0, 0.05) is 17.7 Å². The van der Waals surface area contributed by atoms with Crippen LogP contribution in [0.5, 0.6) is 0 Å². The lowest BCUT2D eigenvalue weighted by Gasteiger charge is -2.06. The Bertz CT molecular complexity index is 787. The molecule has 0 saturated heterocycles. The van der Waals surface area contributed by atoms with Crippen LogP contribution in [0.2, 0.25) is 0 Å². The molecule has 0 saturated carbocycles. The Hall–Kier alpha value is -2.00. The minimum absolute atomic E-state index is 0.334. The van der Waals surface area contributed by atoms with E-state index in [2.05, 4.69) is 27.2 Å². The number of sulfonamides is 1. The summed E-state index contributed by atoms with van der Waals surface area (Å²) in [7, 11) is -3.39. The van der Waals surface area contributed by atoms with Gasteiger partial charge in [-0.05, 0) is 24.6 Å². The quantitative estimate of drug-likeness (QED) is 0.795. The zero-order valence-corrected chi connectivity index (χ0v) is 14.5. The number of benzene rings is 1. The number of nitrogens with zero attached hydrogens (tertiary/aromatic N) is 2. The number of unbranched alkanes of at least 4 members (excludes halogenated alkanes) is 1. The summed E-state index contributed by atoms with van der Waals surface area (Å²) in [5.41, 5.74) is 0.671. The molecule has 0 bridgehead atoms. The van der Waals surface area contributed by atoms with Crippen LogP contribution < -0.4 is 10.0 Å². The van der Waals surface area contributed by atoms with E-state index in [1.165, 1.54) is 17.4 Å². The molecule has 0 atom stereocenters. The molecule has 7 nitrogen and oxygen atoms in total. The summed E-state index contributed by atoms with van der Waals surface area (Å²) in [5, 5.41) is 12.0. The maximum absolute atomic E-state index is 12.2. The third-order valence-corrected chi connectivity index (χ3v) is 4.36. The van der Waals surface area contributed by atoms with E-state index in [0.717, 1.165) is 30.5 Å². The second-order valence-electron chi connectivity index (χ2n) is 5.01. The van der Waals surface area contributed by atoms with Crippen LogP contribution in [-0.4, -0.2) is 30.8 Å². The molecular weight excluding hydrogens is 336 g/mol. The summed E-state index contributed by atoms with van der Waals surface area (Å²) in [5.74, 6) is -0.361. The van der Waals surface area contributed by atoms with E-state index in [9.17, 15) is 13.2 Å². The van der Waals surface area contributed by atoms with Gasteiger partial charge in [0.15, 0.2) is 0 Å². The Labute approximate surface area is 139 Å². The van der Waals surface area contributed by atoms with Crippen molar-refractivity contribution in [2.24, 2.45) is 0 Å². The molecular formula is C14H18N4O3S2. The van der Waals surface area contributed by atoms with Crippen LogP contribution in [0.4, 0.5) is 10.8 Å². The highest BCUT2D eigenvalue weighted by atomic mass is 32.2. The van der Waals surface area contributed by atoms with Crippen molar-refractivity contribution in [1.82, 2.24) is 10.2 Å².